The average Bonchev–Trinajstić information content (AvgIpc) is 2.16. The van der Waals surface area contributed by atoms with Gasteiger partial charge in [0.1, 0.15) is 0 Å². The van der Waals surface area contributed by atoms with Crippen molar-refractivity contribution >= 4 is 0 Å². The molecule has 0 saturated heterocycles. The first-order valence-electron chi connectivity index (χ1n) is 4.44. The summed E-state index contributed by atoms with van der Waals surface area (Å²) in [5, 5.41) is 0. The van der Waals surface area contributed by atoms with Crippen LogP contribution < -0.4 is 0 Å². The minimum absolute atomic E-state index is 1.06. The van der Waals surface area contributed by atoms with E-state index in [1.165, 1.54) is 0 Å². The first-order chi connectivity index (χ1) is 6.58. The van der Waals surface area contributed by atoms with Crippen LogP contribution in [0.2, 0.25) is 0 Å². The fourth-order valence-corrected chi connectivity index (χ4v) is 0.486. The summed E-state index contributed by atoms with van der Waals surface area (Å²) in [7, 11) is 0. The maximum Gasteiger partial charge on any atom is -0.0398 e. The van der Waals surface area contributed by atoms with Gasteiger partial charge in [-0.25, -0.2) is 0 Å². The molecular weight excluding hydrogens is 168 g/mol. The Bertz CT molecular complexity index is 249. The van der Waals surface area contributed by atoms with E-state index >= 15 is 0 Å². The van der Waals surface area contributed by atoms with Crippen LogP contribution in [0.15, 0.2) is 73.9 Å². The molecule has 0 amide bonds. The third-order valence-electron chi connectivity index (χ3n) is 1.22. The second-order valence-electron chi connectivity index (χ2n) is 2.79. The minimum atomic E-state index is 1.06. The molecule has 0 rings (SSSR count). The fourth-order valence-electron chi connectivity index (χ4n) is 0.486. The van der Waals surface area contributed by atoms with E-state index in [2.05, 4.69) is 26.3 Å². The van der Waals surface area contributed by atoms with Crippen LogP contribution in [0.3, 0.4) is 0 Å². The van der Waals surface area contributed by atoms with Crippen LogP contribution >= 0.6 is 0 Å². The summed E-state index contributed by atoms with van der Waals surface area (Å²) in [4.78, 5) is 0. The zero-order chi connectivity index (χ0) is 11.4. The van der Waals surface area contributed by atoms with Gasteiger partial charge in [0.2, 0.25) is 0 Å². The Kier molecular flexibility index (Phi) is 12.2. The van der Waals surface area contributed by atoms with E-state index in [4.69, 9.17) is 0 Å². The van der Waals surface area contributed by atoms with Crippen molar-refractivity contribution in [1.29, 1.82) is 0 Å². The van der Waals surface area contributed by atoms with Gasteiger partial charge < -0.3 is 0 Å². The lowest BCUT2D eigenvalue weighted by molar-refractivity contribution is 1.54. The van der Waals surface area contributed by atoms with Crippen molar-refractivity contribution in [3.05, 3.63) is 73.9 Å². The highest BCUT2D eigenvalue weighted by Gasteiger charge is 1.69. The van der Waals surface area contributed by atoms with Crippen molar-refractivity contribution in [2.45, 2.75) is 13.8 Å². The molecule has 0 nitrogen and oxygen atoms in total. The number of hydrogen-bond acceptors (Lipinski definition) is 0. The second kappa shape index (κ2) is 11.4. The predicted molar refractivity (Wildman–Crippen MR) is 68.3 cm³/mol. The maximum absolute atomic E-state index is 3.66. The molecule has 0 saturated carbocycles. The lowest BCUT2D eigenvalue weighted by atomic mass is 10.3. The van der Waals surface area contributed by atoms with Gasteiger partial charge in [-0.1, -0.05) is 73.9 Å². The summed E-state index contributed by atoms with van der Waals surface area (Å²) in [5.74, 6) is 0. The molecule has 0 heteroatoms. The molecule has 0 bridgehead atoms. The molecule has 14 heavy (non-hydrogen) atoms. The molecule has 0 aromatic heterocycles. The Hall–Kier alpha value is -1.56. The smallest absolute Gasteiger partial charge is 0.0398 e. The third-order valence-corrected chi connectivity index (χ3v) is 1.22. The van der Waals surface area contributed by atoms with E-state index in [0.29, 0.717) is 0 Å². The SMILES string of the molecule is C=C/C=C(/C)C=C.C=C/C=C\C(=C)C. The molecule has 0 unspecified atom stereocenters. The summed E-state index contributed by atoms with van der Waals surface area (Å²) in [6.45, 7) is 18.2. The molecule has 0 atom stereocenters. The normalized spacial score (nSPS) is 10.0. The summed E-state index contributed by atoms with van der Waals surface area (Å²) < 4.78 is 0. The lowest BCUT2D eigenvalue weighted by Crippen LogP contribution is -1.58. The molecule has 0 spiro atoms. The fraction of sp³-hybridized carbons (Fsp3) is 0.143. The highest BCUT2D eigenvalue weighted by Crippen LogP contribution is 1.90. The van der Waals surface area contributed by atoms with Crippen LogP contribution in [0.1, 0.15) is 13.8 Å². The van der Waals surface area contributed by atoms with E-state index in [1.54, 1.807) is 18.2 Å². The molecule has 0 fully saturated rings. The topological polar surface area (TPSA) is 0 Å². The Balaban J connectivity index is 0. The Morgan fingerprint density at radius 1 is 1.00 bits per heavy atom. The van der Waals surface area contributed by atoms with Crippen molar-refractivity contribution < 1.29 is 0 Å². The Morgan fingerprint density at radius 2 is 1.57 bits per heavy atom. The van der Waals surface area contributed by atoms with Gasteiger partial charge in [-0.3, -0.25) is 0 Å². The highest BCUT2D eigenvalue weighted by molar-refractivity contribution is 5.17. The summed E-state index contributed by atoms with van der Waals surface area (Å²) in [6, 6.07) is 0. The van der Waals surface area contributed by atoms with Gasteiger partial charge in [0.15, 0.2) is 0 Å². The van der Waals surface area contributed by atoms with Crippen molar-refractivity contribution in [1.82, 2.24) is 0 Å². The van der Waals surface area contributed by atoms with Crippen LogP contribution in [-0.2, 0) is 0 Å². The van der Waals surface area contributed by atoms with E-state index in [9.17, 15) is 0 Å². The van der Waals surface area contributed by atoms with Gasteiger partial charge >= 0.3 is 0 Å². The Labute approximate surface area is 88.4 Å². The largest absolute Gasteiger partial charge is 0.0991 e. The van der Waals surface area contributed by atoms with E-state index in [-0.39, 0.29) is 0 Å². The predicted octanol–water partition coefficient (Wildman–Crippen LogP) is 4.61. The quantitative estimate of drug-likeness (QED) is 0.565. The van der Waals surface area contributed by atoms with Gasteiger partial charge in [0.25, 0.3) is 0 Å². The molecule has 0 aliphatic rings. The van der Waals surface area contributed by atoms with E-state index in [1.807, 2.05) is 32.1 Å². The van der Waals surface area contributed by atoms with Gasteiger partial charge in [-0.2, -0.15) is 0 Å². The van der Waals surface area contributed by atoms with E-state index in [0.717, 1.165) is 11.1 Å². The third kappa shape index (κ3) is 16.8. The summed E-state index contributed by atoms with van der Waals surface area (Å²) in [6.07, 6.45) is 11.0. The van der Waals surface area contributed by atoms with Crippen LogP contribution in [0.25, 0.3) is 0 Å². The van der Waals surface area contributed by atoms with Crippen LogP contribution in [0.5, 0.6) is 0 Å². The summed E-state index contributed by atoms with van der Waals surface area (Å²) >= 11 is 0. The Morgan fingerprint density at radius 3 is 1.71 bits per heavy atom. The maximum atomic E-state index is 3.66. The van der Waals surface area contributed by atoms with Crippen molar-refractivity contribution in [2.75, 3.05) is 0 Å². The van der Waals surface area contributed by atoms with Crippen LogP contribution in [-0.4, -0.2) is 0 Å². The van der Waals surface area contributed by atoms with Crippen molar-refractivity contribution in [2.24, 2.45) is 0 Å². The number of hydrogen-bond donors (Lipinski definition) is 0. The number of rotatable bonds is 4. The second-order valence-corrected chi connectivity index (χ2v) is 2.79. The van der Waals surface area contributed by atoms with Gasteiger partial charge in [-0.15, -0.1) is 0 Å². The molecule has 0 N–H and O–H groups in total. The molecule has 0 aromatic rings. The standard InChI is InChI=1S/2C7H10/c1-4-5-6-7(2)3;1-4-6-7(3)5-2/h2*4-6H,1-2H2,3H3/b6-5-;7-6-. The molecule has 0 aliphatic carbocycles. The molecule has 0 aliphatic heterocycles. The highest BCUT2D eigenvalue weighted by atomic mass is 13.8. The molecule has 0 aromatic carbocycles. The summed E-state index contributed by atoms with van der Waals surface area (Å²) in [5.41, 5.74) is 2.20. The molecule has 0 heterocycles. The first kappa shape index (κ1) is 14.9. The minimum Gasteiger partial charge on any atom is -0.0991 e. The zero-order valence-electron chi connectivity index (χ0n) is 9.29. The average molecular weight is 188 g/mol. The monoisotopic (exact) mass is 188 g/mol. The van der Waals surface area contributed by atoms with Crippen LogP contribution in [0.4, 0.5) is 0 Å². The van der Waals surface area contributed by atoms with Crippen LogP contribution in [0, 0.1) is 0 Å². The van der Waals surface area contributed by atoms with Crippen molar-refractivity contribution in [3.63, 3.8) is 0 Å². The molecule has 0 radical (unpaired) electrons. The van der Waals surface area contributed by atoms with Crippen molar-refractivity contribution in [3.8, 4) is 0 Å². The molecule has 76 valence electrons. The lowest BCUT2D eigenvalue weighted by Gasteiger charge is -1.80. The van der Waals surface area contributed by atoms with Gasteiger partial charge in [0.05, 0.1) is 0 Å². The first-order valence-corrected chi connectivity index (χ1v) is 4.44. The van der Waals surface area contributed by atoms with Gasteiger partial charge in [0, 0.05) is 0 Å². The number of allylic oxidation sites excluding steroid dienone is 8. The van der Waals surface area contributed by atoms with E-state index < -0.39 is 0 Å². The van der Waals surface area contributed by atoms with Gasteiger partial charge in [-0.05, 0) is 13.8 Å². The molecular formula is C14H20. The zero-order valence-corrected chi connectivity index (χ0v) is 9.29.